The third-order valence-electron chi connectivity index (χ3n) is 5.48. The van der Waals surface area contributed by atoms with E-state index in [0.717, 1.165) is 5.56 Å². The van der Waals surface area contributed by atoms with Crippen LogP contribution in [0.1, 0.15) is 17.5 Å². The maximum Gasteiger partial charge on any atom is 0.329 e. The minimum Gasteiger partial charge on any atom is -0.480 e. The number of carboxylic acid groups (broad SMARTS) is 1. The Kier molecular flexibility index (Phi) is 6.60. The molecule has 1 fully saturated rings. The molecule has 0 spiro atoms. The molecule has 0 bridgehead atoms. The summed E-state index contributed by atoms with van der Waals surface area (Å²) in [6.45, 7) is -0.950. The van der Waals surface area contributed by atoms with Crippen LogP contribution in [0.4, 0.5) is 0 Å². The number of hydrogen-bond donors (Lipinski definition) is 3. The highest BCUT2D eigenvalue weighted by Crippen LogP contribution is 2.38. The van der Waals surface area contributed by atoms with Crippen molar-refractivity contribution in [1.29, 1.82) is 0 Å². The second-order valence-corrected chi connectivity index (χ2v) is 7.93. The summed E-state index contributed by atoms with van der Waals surface area (Å²) in [5.74, 6) is 0.950. The smallest absolute Gasteiger partial charge is 0.329 e. The van der Waals surface area contributed by atoms with Crippen LogP contribution in [0.15, 0.2) is 36.7 Å². The van der Waals surface area contributed by atoms with E-state index in [1.807, 2.05) is 30.3 Å². The van der Waals surface area contributed by atoms with Gasteiger partial charge in [0.2, 0.25) is 5.28 Å². The van der Waals surface area contributed by atoms with Crippen LogP contribution in [0, 0.1) is 12.3 Å². The number of carboxylic acids is 1. The number of fused-ring (bicyclic) bond motifs is 1. The molecule has 11 heteroatoms. The van der Waals surface area contributed by atoms with Gasteiger partial charge in [-0.3, -0.25) is 4.57 Å². The Morgan fingerprint density at radius 2 is 2.06 bits per heavy atom. The Labute approximate surface area is 193 Å². The molecular weight excluding hydrogens is 452 g/mol. The average Bonchev–Trinajstić information content (AvgIpc) is 3.32. The van der Waals surface area contributed by atoms with Gasteiger partial charge in [-0.05, 0) is 30.0 Å². The molecule has 3 heterocycles. The van der Waals surface area contributed by atoms with Gasteiger partial charge in [-0.1, -0.05) is 36.3 Å². The van der Waals surface area contributed by atoms with E-state index in [-0.39, 0.29) is 11.9 Å². The predicted octanol–water partition coefficient (Wildman–Crippen LogP) is 0.989. The Morgan fingerprint density at radius 3 is 2.76 bits per heavy atom. The van der Waals surface area contributed by atoms with Gasteiger partial charge >= 0.3 is 5.97 Å². The Hall–Kier alpha value is -3.07. The Bertz CT molecular complexity index is 1200. The number of ether oxygens (including phenoxy) is 2. The van der Waals surface area contributed by atoms with Gasteiger partial charge in [0.1, 0.15) is 24.3 Å². The normalized spacial score (nSPS) is 24.7. The average molecular weight is 473 g/mol. The highest BCUT2D eigenvalue weighted by molar-refractivity contribution is 6.28. The lowest BCUT2D eigenvalue weighted by Crippen LogP contribution is -2.48. The number of rotatable bonds is 8. The number of aliphatic carboxylic acids is 1. The number of aliphatic hydroxyl groups is 2. The highest BCUT2D eigenvalue weighted by atomic mass is 35.5. The molecule has 172 valence electrons. The summed E-state index contributed by atoms with van der Waals surface area (Å²) in [6, 6.07) is 9.86. The first kappa shape index (κ1) is 23.1. The van der Waals surface area contributed by atoms with Gasteiger partial charge in [-0.15, -0.1) is 6.42 Å². The molecule has 4 atom stereocenters. The van der Waals surface area contributed by atoms with E-state index in [2.05, 4.69) is 20.9 Å². The van der Waals surface area contributed by atoms with E-state index < -0.39 is 36.6 Å². The second kappa shape index (κ2) is 9.43. The fourth-order valence-corrected chi connectivity index (χ4v) is 3.97. The Morgan fingerprint density at radius 1 is 1.30 bits per heavy atom. The summed E-state index contributed by atoms with van der Waals surface area (Å²) in [4.78, 5) is 23.6. The molecule has 4 rings (SSSR count). The number of imidazole rings is 1. The van der Waals surface area contributed by atoms with E-state index in [4.69, 9.17) is 32.6 Å². The fourth-order valence-electron chi connectivity index (χ4n) is 3.78. The van der Waals surface area contributed by atoms with Crippen LogP contribution in [-0.4, -0.2) is 71.8 Å². The molecule has 1 aliphatic rings. The van der Waals surface area contributed by atoms with Crippen molar-refractivity contribution in [1.82, 2.24) is 19.5 Å². The number of aliphatic hydroxyl groups excluding tert-OH is 1. The first-order valence-corrected chi connectivity index (χ1v) is 10.5. The van der Waals surface area contributed by atoms with Crippen molar-refractivity contribution >= 4 is 28.7 Å². The molecule has 0 amide bonds. The SMILES string of the molecule is C#C[C@@]1(O)[C@@H](COCC(=O)O)O[C@@H](n2cnc3c(CCc4ccccc4)nc(Cl)nc32)[C@@H]1O. The number of hydrogen-bond acceptors (Lipinski definition) is 8. The summed E-state index contributed by atoms with van der Waals surface area (Å²) in [5, 5.41) is 30.4. The van der Waals surface area contributed by atoms with Crippen molar-refractivity contribution in [2.45, 2.75) is 36.9 Å². The second-order valence-electron chi connectivity index (χ2n) is 7.59. The van der Waals surface area contributed by atoms with E-state index in [1.54, 1.807) is 0 Å². The number of halogens is 1. The highest BCUT2D eigenvalue weighted by Gasteiger charge is 2.55. The fraction of sp³-hybridized carbons (Fsp3) is 0.364. The molecule has 3 N–H and O–H groups in total. The van der Waals surface area contributed by atoms with Gasteiger partial charge in [0, 0.05) is 0 Å². The molecule has 2 aromatic heterocycles. The van der Waals surface area contributed by atoms with Gasteiger partial charge < -0.3 is 24.8 Å². The Balaban J connectivity index is 1.62. The van der Waals surface area contributed by atoms with Crippen LogP contribution in [0.25, 0.3) is 11.2 Å². The van der Waals surface area contributed by atoms with Crippen molar-refractivity contribution in [2.24, 2.45) is 0 Å². The molecule has 0 aliphatic carbocycles. The predicted molar refractivity (Wildman–Crippen MR) is 116 cm³/mol. The zero-order chi connectivity index (χ0) is 23.6. The zero-order valence-electron chi connectivity index (χ0n) is 17.3. The molecule has 0 unspecified atom stereocenters. The van der Waals surface area contributed by atoms with Crippen molar-refractivity contribution in [3.63, 3.8) is 0 Å². The topological polar surface area (TPSA) is 140 Å². The first-order valence-electron chi connectivity index (χ1n) is 10.1. The molecule has 3 aromatic rings. The molecule has 1 saturated heterocycles. The molecule has 0 saturated carbocycles. The van der Waals surface area contributed by atoms with Crippen molar-refractivity contribution in [3.8, 4) is 12.3 Å². The lowest BCUT2D eigenvalue weighted by Gasteiger charge is -2.24. The van der Waals surface area contributed by atoms with Crippen molar-refractivity contribution in [3.05, 3.63) is 53.2 Å². The van der Waals surface area contributed by atoms with Crippen LogP contribution < -0.4 is 0 Å². The van der Waals surface area contributed by atoms with Gasteiger partial charge in [-0.25, -0.2) is 14.8 Å². The standard InChI is InChI=1S/C22H21ClN4O6/c1-2-22(31)15(10-32-11-16(28)29)33-20(18(22)30)27-12-24-17-14(25-21(23)26-19(17)27)9-8-13-6-4-3-5-7-13/h1,3-7,12,15,18,20,30-31H,8-11H2,(H,28,29)/t15-,18+,20-,22-/m1/s1. The van der Waals surface area contributed by atoms with Crippen molar-refractivity contribution < 1.29 is 29.6 Å². The lowest BCUT2D eigenvalue weighted by molar-refractivity contribution is -0.145. The van der Waals surface area contributed by atoms with Crippen LogP contribution in [0.2, 0.25) is 5.28 Å². The van der Waals surface area contributed by atoms with E-state index >= 15 is 0 Å². The van der Waals surface area contributed by atoms with Crippen molar-refractivity contribution in [2.75, 3.05) is 13.2 Å². The summed E-state index contributed by atoms with van der Waals surface area (Å²) < 4.78 is 12.2. The van der Waals surface area contributed by atoms with Gasteiger partial charge in [0.25, 0.3) is 0 Å². The van der Waals surface area contributed by atoms with Crippen LogP contribution in [0.3, 0.4) is 0 Å². The largest absolute Gasteiger partial charge is 0.480 e. The molecule has 10 nitrogen and oxygen atoms in total. The number of nitrogens with zero attached hydrogens (tertiary/aromatic N) is 4. The zero-order valence-corrected chi connectivity index (χ0v) is 18.1. The minimum absolute atomic E-state index is 0.00616. The quantitative estimate of drug-likeness (QED) is 0.323. The van der Waals surface area contributed by atoms with E-state index in [9.17, 15) is 15.0 Å². The van der Waals surface area contributed by atoms with Gasteiger partial charge in [0.05, 0.1) is 18.6 Å². The van der Waals surface area contributed by atoms with Crippen LogP contribution >= 0.6 is 11.6 Å². The number of benzene rings is 1. The third kappa shape index (κ3) is 4.55. The number of aromatic nitrogens is 4. The van der Waals surface area contributed by atoms with Gasteiger partial charge in [-0.2, -0.15) is 4.98 Å². The molecule has 1 aliphatic heterocycles. The van der Waals surface area contributed by atoms with Crippen LogP contribution in [-0.2, 0) is 27.1 Å². The molecule has 0 radical (unpaired) electrons. The monoisotopic (exact) mass is 472 g/mol. The molecule has 33 heavy (non-hydrogen) atoms. The number of aryl methyl sites for hydroxylation is 2. The van der Waals surface area contributed by atoms with E-state index in [0.29, 0.717) is 29.7 Å². The maximum atomic E-state index is 10.8. The molecular formula is C22H21ClN4O6. The first-order chi connectivity index (χ1) is 15.8. The number of terminal acetylenes is 1. The van der Waals surface area contributed by atoms with E-state index in [1.165, 1.54) is 10.9 Å². The minimum atomic E-state index is -2.12. The summed E-state index contributed by atoms with van der Waals surface area (Å²) in [6.07, 6.45) is 4.20. The maximum absolute atomic E-state index is 10.8. The summed E-state index contributed by atoms with van der Waals surface area (Å²) in [7, 11) is 0. The molecule has 1 aromatic carbocycles. The summed E-state index contributed by atoms with van der Waals surface area (Å²) in [5.41, 5.74) is 0.396. The number of carbonyl (C=O) groups is 1. The summed E-state index contributed by atoms with van der Waals surface area (Å²) >= 11 is 6.16. The van der Waals surface area contributed by atoms with Gasteiger partial charge in [0.15, 0.2) is 17.5 Å². The lowest BCUT2D eigenvalue weighted by atomic mass is 9.93. The third-order valence-corrected chi connectivity index (χ3v) is 5.64. The van der Waals surface area contributed by atoms with Crippen LogP contribution in [0.5, 0.6) is 0 Å².